The minimum absolute atomic E-state index is 0.361. The molecule has 0 aromatic heterocycles. The first-order chi connectivity index (χ1) is 13.5. The molecule has 0 unspecified atom stereocenters. The maximum atomic E-state index is 13.2. The Hall–Kier alpha value is -2.25. The van der Waals surface area contributed by atoms with E-state index < -0.39 is 18.6 Å². The minimum Gasteiger partial charge on any atom is -0.493 e. The average Bonchev–Trinajstić information content (AvgIpc) is 2.71. The number of hydrogen-bond donors (Lipinski definition) is 1. The largest absolute Gasteiger partial charge is 0.493 e. The maximum Gasteiger partial charge on any atom is 0.390 e. The molecule has 1 fully saturated rings. The van der Waals surface area contributed by atoms with Crippen LogP contribution < -0.4 is 14.8 Å². The Labute approximate surface area is 163 Å². The second kappa shape index (κ2) is 9.30. The van der Waals surface area contributed by atoms with Crippen LogP contribution in [0, 0.1) is 0 Å². The maximum absolute atomic E-state index is 13.2. The van der Waals surface area contributed by atoms with Crippen molar-refractivity contribution >= 4 is 0 Å². The highest BCUT2D eigenvalue weighted by Crippen LogP contribution is 2.38. The summed E-state index contributed by atoms with van der Waals surface area (Å²) in [5.74, 6) is 0.955. The van der Waals surface area contributed by atoms with Gasteiger partial charge in [-0.25, -0.2) is 0 Å². The lowest BCUT2D eigenvalue weighted by atomic mass is 10.00. The van der Waals surface area contributed by atoms with Gasteiger partial charge in [0.1, 0.15) is 6.61 Å². The van der Waals surface area contributed by atoms with E-state index in [2.05, 4.69) is 5.32 Å². The quantitative estimate of drug-likeness (QED) is 0.764. The normalized spacial score (nSPS) is 16.6. The number of methoxy groups -OCH3 is 1. The van der Waals surface area contributed by atoms with Gasteiger partial charge in [-0.05, 0) is 23.3 Å². The number of alkyl halides is 3. The molecule has 0 bridgehead atoms. The molecule has 0 aliphatic carbocycles. The lowest BCUT2D eigenvalue weighted by Crippen LogP contribution is -2.46. The van der Waals surface area contributed by atoms with E-state index in [-0.39, 0.29) is 0 Å². The van der Waals surface area contributed by atoms with E-state index in [1.807, 2.05) is 35.2 Å². The van der Waals surface area contributed by atoms with Gasteiger partial charge in [-0.3, -0.25) is 4.90 Å². The molecule has 1 saturated heterocycles. The molecule has 152 valence electrons. The molecule has 4 nitrogen and oxygen atoms in total. The van der Waals surface area contributed by atoms with Gasteiger partial charge in [-0.1, -0.05) is 36.4 Å². The van der Waals surface area contributed by atoms with Gasteiger partial charge in [0, 0.05) is 32.2 Å². The second-order valence-electron chi connectivity index (χ2n) is 6.81. The number of ether oxygens (including phenoxy) is 2. The summed E-state index contributed by atoms with van der Waals surface area (Å²) in [6, 6.07) is 14.0. The van der Waals surface area contributed by atoms with Gasteiger partial charge in [0.25, 0.3) is 0 Å². The first-order valence-corrected chi connectivity index (χ1v) is 9.32. The van der Waals surface area contributed by atoms with Crippen molar-refractivity contribution in [3.05, 3.63) is 59.7 Å². The highest BCUT2D eigenvalue weighted by atomic mass is 19.4. The Kier molecular flexibility index (Phi) is 6.80. The number of hydrogen-bond acceptors (Lipinski definition) is 4. The van der Waals surface area contributed by atoms with Crippen LogP contribution in [0.25, 0.3) is 0 Å². The van der Waals surface area contributed by atoms with E-state index in [9.17, 15) is 13.2 Å². The number of nitrogens with one attached hydrogen (secondary N) is 1. The van der Waals surface area contributed by atoms with Crippen molar-refractivity contribution < 1.29 is 22.6 Å². The zero-order valence-electron chi connectivity index (χ0n) is 15.8. The van der Waals surface area contributed by atoms with Crippen molar-refractivity contribution in [3.63, 3.8) is 0 Å². The molecule has 2 aromatic rings. The first-order valence-electron chi connectivity index (χ1n) is 9.32. The predicted molar refractivity (Wildman–Crippen MR) is 102 cm³/mol. The van der Waals surface area contributed by atoms with Crippen LogP contribution in [-0.2, 0) is 6.61 Å². The molecule has 1 N–H and O–H groups in total. The third-order valence-corrected chi connectivity index (χ3v) is 4.83. The molecule has 1 atom stereocenters. The van der Waals surface area contributed by atoms with Crippen molar-refractivity contribution in [2.75, 3.05) is 33.3 Å². The van der Waals surface area contributed by atoms with Crippen LogP contribution in [0.4, 0.5) is 13.2 Å². The average molecular weight is 394 g/mol. The summed E-state index contributed by atoms with van der Waals surface area (Å²) in [6.45, 7) is 2.89. The van der Waals surface area contributed by atoms with Crippen LogP contribution in [0.1, 0.15) is 23.6 Å². The predicted octanol–water partition coefficient (Wildman–Crippen LogP) is 4.17. The molecule has 28 heavy (non-hydrogen) atoms. The van der Waals surface area contributed by atoms with Gasteiger partial charge in [-0.15, -0.1) is 0 Å². The van der Waals surface area contributed by atoms with Crippen LogP contribution in [-0.4, -0.2) is 44.4 Å². The zero-order valence-corrected chi connectivity index (χ0v) is 15.8. The summed E-state index contributed by atoms with van der Waals surface area (Å²) >= 11 is 0. The number of piperazine rings is 1. The van der Waals surface area contributed by atoms with Crippen molar-refractivity contribution in [2.24, 2.45) is 0 Å². The van der Waals surface area contributed by atoms with Gasteiger partial charge in [0.05, 0.1) is 13.5 Å². The summed E-state index contributed by atoms with van der Waals surface area (Å²) in [7, 11) is 1.50. The van der Waals surface area contributed by atoms with E-state index in [0.29, 0.717) is 49.8 Å². The molecule has 0 amide bonds. The third-order valence-electron chi connectivity index (χ3n) is 4.83. The highest BCUT2D eigenvalue weighted by molar-refractivity contribution is 5.44. The Morgan fingerprint density at radius 2 is 1.75 bits per heavy atom. The molecule has 0 spiro atoms. The third kappa shape index (κ3) is 5.62. The van der Waals surface area contributed by atoms with Crippen LogP contribution in [0.15, 0.2) is 48.5 Å². The molecular weight excluding hydrogens is 369 g/mol. The molecule has 3 rings (SSSR count). The van der Waals surface area contributed by atoms with Gasteiger partial charge < -0.3 is 14.8 Å². The molecule has 7 heteroatoms. The van der Waals surface area contributed by atoms with Crippen molar-refractivity contribution in [3.8, 4) is 11.5 Å². The Balaban J connectivity index is 1.80. The lowest BCUT2D eigenvalue weighted by molar-refractivity contribution is -0.148. The van der Waals surface area contributed by atoms with Crippen molar-refractivity contribution in [2.45, 2.75) is 25.2 Å². The van der Waals surface area contributed by atoms with Crippen LogP contribution in [0.2, 0.25) is 0 Å². The SMILES string of the molecule is COc1cc([C@H](CC(F)(F)F)N2CCNCC2)ccc1OCc1ccccc1. The fraction of sp³-hybridized carbons (Fsp3) is 0.429. The zero-order chi connectivity index (χ0) is 20.0. The number of rotatable bonds is 7. The van der Waals surface area contributed by atoms with E-state index in [1.54, 1.807) is 18.2 Å². The molecule has 0 saturated carbocycles. The smallest absolute Gasteiger partial charge is 0.390 e. The standard InChI is InChI=1S/C21H25F3N2O2/c1-27-20-13-17(7-8-19(20)28-15-16-5-3-2-4-6-16)18(14-21(22,23)24)26-11-9-25-10-12-26/h2-8,13,18,25H,9-12,14-15H2,1H3/t18-/m0/s1. The topological polar surface area (TPSA) is 33.7 Å². The first kappa shape index (κ1) is 20.5. The highest BCUT2D eigenvalue weighted by Gasteiger charge is 2.36. The van der Waals surface area contributed by atoms with E-state index in [1.165, 1.54) is 7.11 Å². The van der Waals surface area contributed by atoms with E-state index >= 15 is 0 Å². The van der Waals surface area contributed by atoms with Crippen LogP contribution in [0.3, 0.4) is 0 Å². The van der Waals surface area contributed by atoms with E-state index in [0.717, 1.165) is 5.56 Å². The lowest BCUT2D eigenvalue weighted by Gasteiger charge is -2.35. The Morgan fingerprint density at radius 3 is 2.39 bits per heavy atom. The molecule has 2 aromatic carbocycles. The fourth-order valence-corrected chi connectivity index (χ4v) is 3.42. The van der Waals surface area contributed by atoms with Crippen molar-refractivity contribution in [1.29, 1.82) is 0 Å². The molecule has 0 radical (unpaired) electrons. The summed E-state index contributed by atoms with van der Waals surface area (Å²) in [5.41, 5.74) is 1.59. The van der Waals surface area contributed by atoms with Gasteiger partial charge >= 0.3 is 6.18 Å². The van der Waals surface area contributed by atoms with Crippen LogP contribution >= 0.6 is 0 Å². The second-order valence-corrected chi connectivity index (χ2v) is 6.81. The molecule has 1 aliphatic rings. The van der Waals surface area contributed by atoms with Crippen LogP contribution in [0.5, 0.6) is 11.5 Å². The molecule has 1 aliphatic heterocycles. The fourth-order valence-electron chi connectivity index (χ4n) is 3.42. The number of benzene rings is 2. The molecule has 1 heterocycles. The minimum atomic E-state index is -4.24. The molecular formula is C21H25F3N2O2. The summed E-state index contributed by atoms with van der Waals surface area (Å²) < 4.78 is 50.9. The summed E-state index contributed by atoms with van der Waals surface area (Å²) in [4.78, 5) is 1.88. The van der Waals surface area contributed by atoms with Gasteiger partial charge in [0.2, 0.25) is 0 Å². The van der Waals surface area contributed by atoms with Gasteiger partial charge in [0.15, 0.2) is 11.5 Å². The summed E-state index contributed by atoms with van der Waals surface area (Å²) in [6.07, 6.45) is -5.13. The number of halogens is 3. The Bertz CT molecular complexity index is 747. The monoisotopic (exact) mass is 394 g/mol. The summed E-state index contributed by atoms with van der Waals surface area (Å²) in [5, 5.41) is 3.18. The van der Waals surface area contributed by atoms with E-state index in [4.69, 9.17) is 9.47 Å². The van der Waals surface area contributed by atoms with Crippen molar-refractivity contribution in [1.82, 2.24) is 10.2 Å². The number of nitrogens with zero attached hydrogens (tertiary/aromatic N) is 1. The Morgan fingerprint density at radius 1 is 1.04 bits per heavy atom. The van der Waals surface area contributed by atoms with Gasteiger partial charge in [-0.2, -0.15) is 13.2 Å².